The maximum absolute atomic E-state index is 12.3. The molecule has 0 aliphatic heterocycles. The van der Waals surface area contributed by atoms with E-state index in [2.05, 4.69) is 0 Å². The molecule has 1 atom stereocenters. The summed E-state index contributed by atoms with van der Waals surface area (Å²) in [5.74, 6) is -0.991. The van der Waals surface area contributed by atoms with E-state index in [1.54, 1.807) is 30.3 Å². The van der Waals surface area contributed by atoms with Gasteiger partial charge in [-0.25, -0.2) is 4.79 Å². The van der Waals surface area contributed by atoms with Crippen LogP contribution in [0.1, 0.15) is 15.9 Å². The quantitative estimate of drug-likeness (QED) is 0.922. The number of carboxylic acid groups (broad SMARTS) is 1. The zero-order valence-electron chi connectivity index (χ0n) is 10.2. The van der Waals surface area contributed by atoms with Crippen molar-refractivity contribution in [2.75, 3.05) is 0 Å². The van der Waals surface area contributed by atoms with Crippen LogP contribution in [0.15, 0.2) is 47.4 Å². The number of carbonyl (C=O) groups is 1. The van der Waals surface area contributed by atoms with E-state index in [0.717, 1.165) is 0 Å². The molecule has 0 aliphatic carbocycles. The van der Waals surface area contributed by atoms with Gasteiger partial charge in [-0.1, -0.05) is 47.5 Å². The van der Waals surface area contributed by atoms with E-state index in [-0.39, 0.29) is 16.2 Å². The Morgan fingerprint density at radius 3 is 2.50 bits per heavy atom. The molecule has 0 radical (unpaired) electrons. The van der Waals surface area contributed by atoms with Gasteiger partial charge in [0.1, 0.15) is 0 Å². The lowest BCUT2D eigenvalue weighted by Gasteiger charge is -2.08. The lowest BCUT2D eigenvalue weighted by Crippen LogP contribution is -2.06. The minimum absolute atomic E-state index is 0.0315. The fourth-order valence-corrected chi connectivity index (χ4v) is 3.50. The molecule has 0 saturated carbocycles. The summed E-state index contributed by atoms with van der Waals surface area (Å²) in [4.78, 5) is 11.4. The van der Waals surface area contributed by atoms with Gasteiger partial charge in [0.25, 0.3) is 0 Å². The molecule has 6 heteroatoms. The number of rotatable bonds is 4. The van der Waals surface area contributed by atoms with Crippen molar-refractivity contribution < 1.29 is 14.1 Å². The molecule has 0 saturated heterocycles. The standard InChI is InChI=1S/C14H10Cl2O3S/c15-11-6-3-4-9(13(11)16)8-20(19)12-7-2-1-5-10(12)14(17)18/h1-7H,8H2,(H,17,18). The highest BCUT2D eigenvalue weighted by Crippen LogP contribution is 2.28. The second kappa shape index (κ2) is 6.39. The van der Waals surface area contributed by atoms with Crippen LogP contribution < -0.4 is 0 Å². The molecule has 0 spiro atoms. The highest BCUT2D eigenvalue weighted by atomic mass is 35.5. The SMILES string of the molecule is O=C(O)c1ccccc1S(=O)Cc1cccc(Cl)c1Cl. The fraction of sp³-hybridized carbons (Fsp3) is 0.0714. The third kappa shape index (κ3) is 3.20. The molecule has 0 aliphatic rings. The summed E-state index contributed by atoms with van der Waals surface area (Å²) in [5.41, 5.74) is 0.654. The Bertz CT molecular complexity index is 686. The Labute approximate surface area is 128 Å². The summed E-state index contributed by atoms with van der Waals surface area (Å²) in [6.45, 7) is 0. The molecular formula is C14H10Cl2O3S. The van der Waals surface area contributed by atoms with Crippen LogP contribution in [0.5, 0.6) is 0 Å². The average molecular weight is 329 g/mol. The Morgan fingerprint density at radius 2 is 1.80 bits per heavy atom. The van der Waals surface area contributed by atoms with Gasteiger partial charge in [-0.15, -0.1) is 0 Å². The molecule has 0 fully saturated rings. The van der Waals surface area contributed by atoms with E-state index in [0.29, 0.717) is 15.6 Å². The smallest absolute Gasteiger partial charge is 0.336 e. The van der Waals surface area contributed by atoms with E-state index in [1.165, 1.54) is 12.1 Å². The maximum atomic E-state index is 12.3. The van der Waals surface area contributed by atoms with Crippen molar-refractivity contribution >= 4 is 40.0 Å². The third-order valence-electron chi connectivity index (χ3n) is 2.68. The van der Waals surface area contributed by atoms with Gasteiger partial charge < -0.3 is 5.11 Å². The normalized spacial score (nSPS) is 12.1. The molecule has 2 rings (SSSR count). The Hall–Kier alpha value is -1.36. The Kier molecular flexibility index (Phi) is 4.81. The largest absolute Gasteiger partial charge is 0.478 e. The van der Waals surface area contributed by atoms with Crippen LogP contribution in [0, 0.1) is 0 Å². The van der Waals surface area contributed by atoms with Gasteiger partial charge in [0.05, 0.1) is 37.1 Å². The van der Waals surface area contributed by atoms with Crippen molar-refractivity contribution in [2.45, 2.75) is 10.6 Å². The van der Waals surface area contributed by atoms with Crippen LogP contribution in [-0.2, 0) is 16.6 Å². The molecular weight excluding hydrogens is 319 g/mol. The number of hydrogen-bond donors (Lipinski definition) is 1. The second-order valence-electron chi connectivity index (χ2n) is 4.00. The van der Waals surface area contributed by atoms with Crippen LogP contribution in [0.2, 0.25) is 10.0 Å². The van der Waals surface area contributed by atoms with Gasteiger partial charge in [0.2, 0.25) is 0 Å². The zero-order chi connectivity index (χ0) is 14.7. The van der Waals surface area contributed by atoms with Crippen molar-refractivity contribution in [1.29, 1.82) is 0 Å². The van der Waals surface area contributed by atoms with Crippen molar-refractivity contribution in [2.24, 2.45) is 0 Å². The van der Waals surface area contributed by atoms with Crippen molar-refractivity contribution in [3.63, 3.8) is 0 Å². The second-order valence-corrected chi connectivity index (χ2v) is 6.21. The first-order chi connectivity index (χ1) is 9.50. The summed E-state index contributed by atoms with van der Waals surface area (Å²) >= 11 is 11.9. The summed E-state index contributed by atoms with van der Waals surface area (Å²) in [6, 6.07) is 11.3. The van der Waals surface area contributed by atoms with Gasteiger partial charge in [-0.3, -0.25) is 4.21 Å². The Morgan fingerprint density at radius 1 is 1.10 bits per heavy atom. The molecule has 20 heavy (non-hydrogen) atoms. The highest BCUT2D eigenvalue weighted by Gasteiger charge is 2.16. The summed E-state index contributed by atoms with van der Waals surface area (Å²) in [6.07, 6.45) is 0. The molecule has 3 nitrogen and oxygen atoms in total. The zero-order valence-corrected chi connectivity index (χ0v) is 12.5. The topological polar surface area (TPSA) is 54.4 Å². The maximum Gasteiger partial charge on any atom is 0.336 e. The average Bonchev–Trinajstić information content (AvgIpc) is 2.43. The first-order valence-corrected chi connectivity index (χ1v) is 7.71. The predicted molar refractivity (Wildman–Crippen MR) is 80.0 cm³/mol. The minimum Gasteiger partial charge on any atom is -0.478 e. The summed E-state index contributed by atoms with van der Waals surface area (Å²) in [7, 11) is -1.51. The van der Waals surface area contributed by atoms with Gasteiger partial charge in [0, 0.05) is 0 Å². The highest BCUT2D eigenvalue weighted by molar-refractivity contribution is 7.84. The van der Waals surface area contributed by atoms with Gasteiger partial charge in [-0.2, -0.15) is 0 Å². The Balaban J connectivity index is 2.34. The molecule has 0 heterocycles. The van der Waals surface area contributed by atoms with Gasteiger partial charge in [0.15, 0.2) is 0 Å². The van der Waals surface area contributed by atoms with Crippen molar-refractivity contribution in [3.05, 3.63) is 63.6 Å². The predicted octanol–water partition coefficient (Wildman–Crippen LogP) is 4.00. The number of halogens is 2. The van der Waals surface area contributed by atoms with Crippen LogP contribution >= 0.6 is 23.2 Å². The van der Waals surface area contributed by atoms with Crippen LogP contribution in [-0.4, -0.2) is 15.3 Å². The van der Waals surface area contributed by atoms with E-state index in [1.807, 2.05) is 0 Å². The van der Waals surface area contributed by atoms with Crippen LogP contribution in [0.25, 0.3) is 0 Å². The molecule has 104 valence electrons. The van der Waals surface area contributed by atoms with Gasteiger partial charge in [-0.05, 0) is 23.8 Å². The van der Waals surface area contributed by atoms with E-state index >= 15 is 0 Å². The molecule has 1 unspecified atom stereocenters. The number of aromatic carboxylic acids is 1. The van der Waals surface area contributed by atoms with Crippen molar-refractivity contribution in [3.8, 4) is 0 Å². The van der Waals surface area contributed by atoms with E-state index in [4.69, 9.17) is 28.3 Å². The van der Waals surface area contributed by atoms with Crippen molar-refractivity contribution in [1.82, 2.24) is 0 Å². The lowest BCUT2D eigenvalue weighted by atomic mass is 10.2. The summed E-state index contributed by atoms with van der Waals surface area (Å²) in [5, 5.41) is 9.82. The molecule has 2 aromatic carbocycles. The first-order valence-electron chi connectivity index (χ1n) is 5.64. The number of benzene rings is 2. The first kappa shape index (κ1) is 15.0. The summed E-state index contributed by atoms with van der Waals surface area (Å²) < 4.78 is 12.3. The molecule has 0 aromatic heterocycles. The van der Waals surface area contributed by atoms with E-state index < -0.39 is 16.8 Å². The number of carboxylic acids is 1. The third-order valence-corrected chi connectivity index (χ3v) is 4.96. The minimum atomic E-state index is -1.51. The monoisotopic (exact) mass is 328 g/mol. The van der Waals surface area contributed by atoms with E-state index in [9.17, 15) is 9.00 Å². The molecule has 1 N–H and O–H groups in total. The van der Waals surface area contributed by atoms with Crippen LogP contribution in [0.3, 0.4) is 0 Å². The molecule has 0 bridgehead atoms. The van der Waals surface area contributed by atoms with Crippen LogP contribution in [0.4, 0.5) is 0 Å². The fourth-order valence-electron chi connectivity index (χ4n) is 1.72. The lowest BCUT2D eigenvalue weighted by molar-refractivity contribution is 0.0693. The number of hydrogen-bond acceptors (Lipinski definition) is 2. The molecule has 0 amide bonds. The van der Waals surface area contributed by atoms with Gasteiger partial charge >= 0.3 is 5.97 Å². The molecule has 2 aromatic rings.